The van der Waals surface area contributed by atoms with Gasteiger partial charge in [0.1, 0.15) is 9.84 Å². The minimum absolute atomic E-state index is 0.215. The van der Waals surface area contributed by atoms with Crippen LogP contribution in [0.3, 0.4) is 0 Å². The third-order valence-electron chi connectivity index (χ3n) is 2.46. The molecule has 0 unspecified atom stereocenters. The van der Waals surface area contributed by atoms with Crippen LogP contribution in [-0.2, 0) is 16.4 Å². The molecule has 0 atom stereocenters. The highest BCUT2D eigenvalue weighted by molar-refractivity contribution is 7.98. The highest BCUT2D eigenvalue weighted by Gasteiger charge is 2.06. The number of benzene rings is 1. The maximum absolute atomic E-state index is 11.0. The lowest BCUT2D eigenvalue weighted by molar-refractivity contribution is 0.346. The van der Waals surface area contributed by atoms with E-state index in [0.29, 0.717) is 6.54 Å². The molecule has 17 heavy (non-hydrogen) atoms. The lowest BCUT2D eigenvalue weighted by Crippen LogP contribution is -2.24. The van der Waals surface area contributed by atoms with Crippen LogP contribution in [0.2, 0.25) is 0 Å². The summed E-state index contributed by atoms with van der Waals surface area (Å²) in [6.07, 6.45) is 3.32. The van der Waals surface area contributed by atoms with Crippen molar-refractivity contribution in [3.63, 3.8) is 0 Å². The van der Waals surface area contributed by atoms with E-state index in [9.17, 15) is 8.42 Å². The molecule has 0 heterocycles. The molecular formula is C12H19NO2S2. The van der Waals surface area contributed by atoms with Gasteiger partial charge in [0.25, 0.3) is 0 Å². The summed E-state index contributed by atoms with van der Waals surface area (Å²) in [5.41, 5.74) is 1.21. The topological polar surface area (TPSA) is 37.4 Å². The molecule has 0 radical (unpaired) electrons. The predicted octanol–water partition coefficient (Wildman–Crippen LogP) is 1.88. The Hall–Kier alpha value is -0.520. The van der Waals surface area contributed by atoms with Crippen molar-refractivity contribution in [2.45, 2.75) is 11.4 Å². The van der Waals surface area contributed by atoms with Gasteiger partial charge in [0, 0.05) is 24.2 Å². The van der Waals surface area contributed by atoms with Crippen LogP contribution in [-0.4, -0.2) is 45.2 Å². The number of nitrogens with zero attached hydrogens (tertiary/aromatic N) is 1. The van der Waals surface area contributed by atoms with Crippen molar-refractivity contribution in [3.05, 3.63) is 29.8 Å². The van der Waals surface area contributed by atoms with E-state index in [4.69, 9.17) is 0 Å². The Morgan fingerprint density at radius 2 is 1.82 bits per heavy atom. The number of hydrogen-bond donors (Lipinski definition) is 0. The summed E-state index contributed by atoms with van der Waals surface area (Å²) >= 11 is 1.72. The fourth-order valence-corrected chi connectivity index (χ4v) is 2.49. The molecule has 5 heteroatoms. The van der Waals surface area contributed by atoms with Gasteiger partial charge in [-0.2, -0.15) is 0 Å². The number of rotatable bonds is 6. The van der Waals surface area contributed by atoms with Gasteiger partial charge in [-0.05, 0) is 31.0 Å². The molecule has 0 bridgehead atoms. The van der Waals surface area contributed by atoms with Crippen molar-refractivity contribution >= 4 is 21.6 Å². The second-order valence-corrected chi connectivity index (χ2v) is 7.36. The third kappa shape index (κ3) is 6.10. The SMILES string of the molecule is CSc1ccc(CN(C)CCS(C)(=O)=O)cc1. The molecule has 0 spiro atoms. The summed E-state index contributed by atoms with van der Waals surface area (Å²) in [6.45, 7) is 1.35. The van der Waals surface area contributed by atoms with Crippen molar-refractivity contribution in [1.29, 1.82) is 0 Å². The third-order valence-corrected chi connectivity index (χ3v) is 4.12. The molecule has 0 saturated carbocycles. The fourth-order valence-electron chi connectivity index (χ4n) is 1.44. The molecule has 0 aromatic heterocycles. The molecule has 0 aliphatic rings. The standard InChI is InChI=1S/C12H19NO2S2/c1-13(8-9-17(3,14)15)10-11-4-6-12(16-2)7-5-11/h4-7H,8-10H2,1-3H3. The van der Waals surface area contributed by atoms with Gasteiger partial charge in [-0.15, -0.1) is 11.8 Å². The van der Waals surface area contributed by atoms with E-state index < -0.39 is 9.84 Å². The Bertz CT molecular complexity index is 440. The first-order chi connectivity index (χ1) is 7.90. The molecule has 0 N–H and O–H groups in total. The molecule has 3 nitrogen and oxygen atoms in total. The summed E-state index contributed by atoms with van der Waals surface area (Å²) < 4.78 is 22.1. The van der Waals surface area contributed by atoms with E-state index in [0.717, 1.165) is 6.54 Å². The lowest BCUT2D eigenvalue weighted by atomic mass is 10.2. The predicted molar refractivity (Wildman–Crippen MR) is 74.3 cm³/mol. The molecular weight excluding hydrogens is 254 g/mol. The zero-order valence-corrected chi connectivity index (χ0v) is 12.1. The van der Waals surface area contributed by atoms with Crippen LogP contribution in [0, 0.1) is 0 Å². The molecule has 1 aromatic rings. The van der Waals surface area contributed by atoms with E-state index >= 15 is 0 Å². The summed E-state index contributed by atoms with van der Waals surface area (Å²) in [5, 5.41) is 0. The van der Waals surface area contributed by atoms with Crippen LogP contribution < -0.4 is 0 Å². The maximum atomic E-state index is 11.0. The van der Waals surface area contributed by atoms with E-state index in [-0.39, 0.29) is 5.75 Å². The molecule has 1 aromatic carbocycles. The van der Waals surface area contributed by atoms with Crippen molar-refractivity contribution in [1.82, 2.24) is 4.90 Å². The van der Waals surface area contributed by atoms with Crippen LogP contribution in [0.1, 0.15) is 5.56 Å². The van der Waals surface area contributed by atoms with Gasteiger partial charge in [0.05, 0.1) is 5.75 Å². The normalized spacial score (nSPS) is 12.0. The second-order valence-electron chi connectivity index (χ2n) is 4.22. The van der Waals surface area contributed by atoms with Crippen LogP contribution in [0.25, 0.3) is 0 Å². The molecule has 96 valence electrons. The van der Waals surface area contributed by atoms with Crippen LogP contribution >= 0.6 is 11.8 Å². The summed E-state index contributed by atoms with van der Waals surface area (Å²) in [4.78, 5) is 3.27. The largest absolute Gasteiger partial charge is 0.301 e. The number of hydrogen-bond acceptors (Lipinski definition) is 4. The Balaban J connectivity index is 2.47. The van der Waals surface area contributed by atoms with Gasteiger partial charge in [0.15, 0.2) is 0 Å². The molecule has 0 aliphatic carbocycles. The van der Waals surface area contributed by atoms with E-state index in [1.54, 1.807) is 11.8 Å². The molecule has 0 fully saturated rings. The van der Waals surface area contributed by atoms with E-state index in [1.165, 1.54) is 16.7 Å². The first-order valence-electron chi connectivity index (χ1n) is 5.40. The smallest absolute Gasteiger partial charge is 0.148 e. The summed E-state index contributed by atoms with van der Waals surface area (Å²) in [5.74, 6) is 0.215. The monoisotopic (exact) mass is 273 g/mol. The lowest BCUT2D eigenvalue weighted by Gasteiger charge is -2.16. The Labute approximate surface area is 108 Å². The first kappa shape index (κ1) is 14.5. The van der Waals surface area contributed by atoms with Gasteiger partial charge in [-0.1, -0.05) is 12.1 Å². The first-order valence-corrected chi connectivity index (χ1v) is 8.68. The van der Waals surface area contributed by atoms with Crippen molar-refractivity contribution in [3.8, 4) is 0 Å². The molecule has 0 saturated heterocycles. The van der Waals surface area contributed by atoms with Crippen molar-refractivity contribution in [2.75, 3.05) is 31.9 Å². The Kier molecular flexibility index (Phi) is 5.49. The number of thioether (sulfide) groups is 1. The van der Waals surface area contributed by atoms with Crippen molar-refractivity contribution < 1.29 is 8.42 Å². The number of sulfone groups is 1. The van der Waals surface area contributed by atoms with Gasteiger partial charge in [0.2, 0.25) is 0 Å². The summed E-state index contributed by atoms with van der Waals surface area (Å²) in [6, 6.07) is 8.35. The van der Waals surface area contributed by atoms with Gasteiger partial charge in [-0.25, -0.2) is 8.42 Å². The van der Waals surface area contributed by atoms with E-state index in [2.05, 4.69) is 24.3 Å². The van der Waals surface area contributed by atoms with E-state index in [1.807, 2.05) is 18.2 Å². The Morgan fingerprint density at radius 1 is 1.24 bits per heavy atom. The van der Waals surface area contributed by atoms with Crippen LogP contribution in [0.4, 0.5) is 0 Å². The van der Waals surface area contributed by atoms with Crippen LogP contribution in [0.5, 0.6) is 0 Å². The average molecular weight is 273 g/mol. The zero-order chi connectivity index (χ0) is 12.9. The minimum Gasteiger partial charge on any atom is -0.301 e. The minimum atomic E-state index is -2.87. The fraction of sp³-hybridized carbons (Fsp3) is 0.500. The molecule has 0 aliphatic heterocycles. The molecule has 0 amide bonds. The Morgan fingerprint density at radius 3 is 2.29 bits per heavy atom. The quantitative estimate of drug-likeness (QED) is 0.742. The maximum Gasteiger partial charge on any atom is 0.148 e. The zero-order valence-electron chi connectivity index (χ0n) is 10.5. The average Bonchev–Trinajstić information content (AvgIpc) is 2.27. The second kappa shape index (κ2) is 6.42. The molecule has 1 rings (SSSR count). The van der Waals surface area contributed by atoms with Gasteiger partial charge < -0.3 is 4.90 Å². The van der Waals surface area contributed by atoms with Gasteiger partial charge >= 0.3 is 0 Å². The van der Waals surface area contributed by atoms with Crippen molar-refractivity contribution in [2.24, 2.45) is 0 Å². The van der Waals surface area contributed by atoms with Gasteiger partial charge in [-0.3, -0.25) is 0 Å². The van der Waals surface area contributed by atoms with Crippen LogP contribution in [0.15, 0.2) is 29.2 Å². The summed E-state index contributed by atoms with van der Waals surface area (Å²) in [7, 11) is -0.929. The highest BCUT2D eigenvalue weighted by Crippen LogP contribution is 2.15. The highest BCUT2D eigenvalue weighted by atomic mass is 32.2.